The lowest BCUT2D eigenvalue weighted by atomic mass is 10.00. The molecule has 2 heterocycles. The number of hydrogen-bond donors (Lipinski definition) is 4. The predicted octanol–water partition coefficient (Wildman–Crippen LogP) is 4.87. The van der Waals surface area contributed by atoms with Crippen molar-refractivity contribution in [3.63, 3.8) is 0 Å². The molecule has 1 fully saturated rings. The van der Waals surface area contributed by atoms with Gasteiger partial charge < -0.3 is 25.9 Å². The van der Waals surface area contributed by atoms with Gasteiger partial charge in [-0.15, -0.1) is 0 Å². The van der Waals surface area contributed by atoms with Crippen molar-refractivity contribution in [3.05, 3.63) is 89.0 Å². The number of aromatic nitrogens is 1. The number of nitrogens with two attached hydrogens (primary N) is 1. The molecule has 8 nitrogen and oxygen atoms in total. The number of aromatic amines is 1. The molecule has 0 aliphatic carbocycles. The molecule has 1 unspecified atom stereocenters. The van der Waals surface area contributed by atoms with Gasteiger partial charge in [-0.3, -0.25) is 14.6 Å². The Balaban J connectivity index is 1.26. The minimum Gasteiger partial charge on any atom is -0.494 e. The van der Waals surface area contributed by atoms with Gasteiger partial charge in [0.1, 0.15) is 5.75 Å². The second-order valence-corrected chi connectivity index (χ2v) is 9.46. The van der Waals surface area contributed by atoms with Crippen LogP contribution in [-0.2, 0) is 0 Å². The summed E-state index contributed by atoms with van der Waals surface area (Å²) in [6.45, 7) is 1.76. The SMILES string of the molecule is NC(=O)c1cccc(C(=O)c2ccc3c(C=Nc4ccc(OCCC5CCCCN5)cc4)c(O)[nH]c3c2)c1. The third-order valence-electron chi connectivity index (χ3n) is 6.82. The molecule has 5 rings (SSSR count). The zero-order valence-electron chi connectivity index (χ0n) is 20.9. The number of amides is 1. The summed E-state index contributed by atoms with van der Waals surface area (Å²) in [6, 6.07) is 19.5. The summed E-state index contributed by atoms with van der Waals surface area (Å²) >= 11 is 0. The van der Waals surface area contributed by atoms with Crippen molar-refractivity contribution >= 4 is 34.5 Å². The van der Waals surface area contributed by atoms with Crippen molar-refractivity contribution in [1.82, 2.24) is 10.3 Å². The van der Waals surface area contributed by atoms with Crippen LogP contribution in [0, 0.1) is 0 Å². The first-order valence-corrected chi connectivity index (χ1v) is 12.8. The molecule has 0 saturated carbocycles. The maximum Gasteiger partial charge on any atom is 0.248 e. The van der Waals surface area contributed by atoms with E-state index in [1.54, 1.807) is 42.6 Å². The largest absolute Gasteiger partial charge is 0.494 e. The van der Waals surface area contributed by atoms with Gasteiger partial charge in [0, 0.05) is 39.8 Å². The van der Waals surface area contributed by atoms with Gasteiger partial charge in [0.25, 0.3) is 0 Å². The highest BCUT2D eigenvalue weighted by molar-refractivity contribution is 6.12. The number of fused-ring (bicyclic) bond motifs is 1. The minimum absolute atomic E-state index is 0.0413. The van der Waals surface area contributed by atoms with E-state index in [0.29, 0.717) is 34.9 Å². The minimum atomic E-state index is -0.595. The van der Waals surface area contributed by atoms with Crippen molar-refractivity contribution in [2.24, 2.45) is 10.7 Å². The summed E-state index contributed by atoms with van der Waals surface area (Å²) in [5.41, 5.74) is 8.22. The molecule has 38 heavy (non-hydrogen) atoms. The Morgan fingerprint density at radius 1 is 1.03 bits per heavy atom. The Bertz CT molecular complexity index is 1480. The molecular weight excluding hydrogens is 480 g/mol. The second kappa shape index (κ2) is 11.3. The number of rotatable bonds is 9. The number of primary amides is 1. The number of nitrogens with zero attached hydrogens (tertiary/aromatic N) is 1. The Hall–Kier alpha value is -4.43. The van der Waals surface area contributed by atoms with Crippen LogP contribution in [0.1, 0.15) is 57.5 Å². The van der Waals surface area contributed by atoms with E-state index in [4.69, 9.17) is 10.5 Å². The van der Waals surface area contributed by atoms with Gasteiger partial charge in [0.2, 0.25) is 5.91 Å². The normalized spacial score (nSPS) is 15.6. The lowest BCUT2D eigenvalue weighted by Gasteiger charge is -2.23. The van der Waals surface area contributed by atoms with Crippen LogP contribution in [0.5, 0.6) is 11.6 Å². The van der Waals surface area contributed by atoms with Gasteiger partial charge in [-0.25, -0.2) is 0 Å². The topological polar surface area (TPSA) is 130 Å². The summed E-state index contributed by atoms with van der Waals surface area (Å²) in [5, 5.41) is 14.8. The van der Waals surface area contributed by atoms with Crippen molar-refractivity contribution in [1.29, 1.82) is 0 Å². The van der Waals surface area contributed by atoms with Gasteiger partial charge in [-0.05, 0) is 68.3 Å². The smallest absolute Gasteiger partial charge is 0.248 e. The number of carbonyl (C=O) groups is 2. The third-order valence-corrected chi connectivity index (χ3v) is 6.82. The van der Waals surface area contributed by atoms with Crippen LogP contribution in [0.25, 0.3) is 10.9 Å². The number of carbonyl (C=O) groups excluding carboxylic acids is 2. The second-order valence-electron chi connectivity index (χ2n) is 9.46. The average Bonchev–Trinajstić information content (AvgIpc) is 3.26. The molecule has 5 N–H and O–H groups in total. The van der Waals surface area contributed by atoms with E-state index in [1.165, 1.54) is 25.3 Å². The predicted molar refractivity (Wildman–Crippen MR) is 148 cm³/mol. The lowest BCUT2D eigenvalue weighted by Crippen LogP contribution is -2.35. The molecule has 4 aromatic rings. The zero-order chi connectivity index (χ0) is 26.5. The highest BCUT2D eigenvalue weighted by Crippen LogP contribution is 2.28. The molecule has 3 aromatic carbocycles. The lowest BCUT2D eigenvalue weighted by molar-refractivity contribution is 0.1000. The number of ether oxygens (including phenoxy) is 1. The van der Waals surface area contributed by atoms with E-state index in [9.17, 15) is 14.7 Å². The van der Waals surface area contributed by atoms with Crippen LogP contribution in [-0.4, -0.2) is 47.2 Å². The number of nitrogens with one attached hydrogen (secondary N) is 2. The fraction of sp³-hybridized carbons (Fsp3) is 0.233. The summed E-state index contributed by atoms with van der Waals surface area (Å²) in [7, 11) is 0. The van der Waals surface area contributed by atoms with E-state index in [-0.39, 0.29) is 17.2 Å². The van der Waals surface area contributed by atoms with Crippen LogP contribution < -0.4 is 15.8 Å². The number of benzene rings is 3. The number of hydrogen-bond acceptors (Lipinski definition) is 6. The van der Waals surface area contributed by atoms with Gasteiger partial charge >= 0.3 is 0 Å². The van der Waals surface area contributed by atoms with Crippen molar-refractivity contribution < 1.29 is 19.4 Å². The summed E-state index contributed by atoms with van der Waals surface area (Å²) < 4.78 is 5.88. The number of piperidine rings is 1. The van der Waals surface area contributed by atoms with Crippen LogP contribution in [0.3, 0.4) is 0 Å². The van der Waals surface area contributed by atoms with Crippen LogP contribution in [0.15, 0.2) is 71.7 Å². The molecular formula is C30H30N4O4. The first-order valence-electron chi connectivity index (χ1n) is 12.8. The average molecular weight is 511 g/mol. The number of ketones is 1. The van der Waals surface area contributed by atoms with Crippen molar-refractivity contribution in [2.45, 2.75) is 31.7 Å². The molecule has 0 bridgehead atoms. The molecule has 1 aliphatic rings. The first-order chi connectivity index (χ1) is 18.5. The molecule has 1 atom stereocenters. The molecule has 0 radical (unpaired) electrons. The first kappa shape index (κ1) is 25.2. The number of aromatic hydroxyl groups is 1. The highest BCUT2D eigenvalue weighted by atomic mass is 16.5. The summed E-state index contributed by atoms with van der Waals surface area (Å²) in [6.07, 6.45) is 6.33. The van der Waals surface area contributed by atoms with E-state index < -0.39 is 5.91 Å². The molecule has 8 heteroatoms. The Kier molecular flexibility index (Phi) is 7.51. The van der Waals surface area contributed by atoms with Crippen LogP contribution >= 0.6 is 0 Å². The standard InChI is InChI=1S/C30H30N4O4/c31-29(36)21-5-3-4-19(16-21)28(35)20-7-12-25-26(30(37)34-27(25)17-20)18-33-23-8-10-24(11-9-23)38-15-13-22-6-1-2-14-32-22/h3-5,7-12,16-18,22,32,34,37H,1-2,6,13-15H2,(H2,31,36). The Morgan fingerprint density at radius 2 is 1.82 bits per heavy atom. The van der Waals surface area contributed by atoms with E-state index in [2.05, 4.69) is 15.3 Å². The monoisotopic (exact) mass is 510 g/mol. The Morgan fingerprint density at radius 3 is 2.58 bits per heavy atom. The number of H-pyrrole nitrogens is 1. The summed E-state index contributed by atoms with van der Waals surface area (Å²) in [5.74, 6) is -0.0899. The molecule has 1 amide bonds. The zero-order valence-corrected chi connectivity index (χ0v) is 20.9. The molecule has 1 aliphatic heterocycles. The van der Waals surface area contributed by atoms with Crippen LogP contribution in [0.4, 0.5) is 5.69 Å². The molecule has 194 valence electrons. The third kappa shape index (κ3) is 5.76. The van der Waals surface area contributed by atoms with E-state index >= 15 is 0 Å². The van der Waals surface area contributed by atoms with E-state index in [1.807, 2.05) is 24.3 Å². The van der Waals surface area contributed by atoms with E-state index in [0.717, 1.165) is 29.8 Å². The fourth-order valence-electron chi connectivity index (χ4n) is 4.71. The molecule has 0 spiro atoms. The molecule has 1 saturated heterocycles. The van der Waals surface area contributed by atoms with Gasteiger partial charge in [0.05, 0.1) is 17.9 Å². The van der Waals surface area contributed by atoms with Crippen LogP contribution in [0.2, 0.25) is 0 Å². The Labute approximate surface area is 220 Å². The maximum atomic E-state index is 13.0. The van der Waals surface area contributed by atoms with Gasteiger partial charge in [0.15, 0.2) is 11.7 Å². The maximum absolute atomic E-state index is 13.0. The summed E-state index contributed by atoms with van der Waals surface area (Å²) in [4.78, 5) is 31.9. The van der Waals surface area contributed by atoms with Gasteiger partial charge in [-0.2, -0.15) is 0 Å². The fourth-order valence-corrected chi connectivity index (χ4v) is 4.71. The quantitative estimate of drug-likeness (QED) is 0.189. The molecule has 1 aromatic heterocycles. The van der Waals surface area contributed by atoms with Gasteiger partial charge in [-0.1, -0.05) is 30.7 Å². The highest BCUT2D eigenvalue weighted by Gasteiger charge is 2.15. The van der Waals surface area contributed by atoms with Crippen molar-refractivity contribution in [3.8, 4) is 11.6 Å². The van der Waals surface area contributed by atoms with Crippen molar-refractivity contribution in [2.75, 3.05) is 13.2 Å². The number of aliphatic imine (C=N–C) groups is 1.